The molecule has 166 valence electrons. The van der Waals surface area contributed by atoms with Gasteiger partial charge >= 0.3 is 0 Å². The van der Waals surface area contributed by atoms with Crippen LogP contribution in [-0.4, -0.2) is 30.9 Å². The summed E-state index contributed by atoms with van der Waals surface area (Å²) in [7, 11) is 0. The SMILES string of the molecule is Cc1nc2c(c(=O)n1CC(C)C)c1nc3ccccc3nc1n2Cc1ccc2c(c1)OCO2. The van der Waals surface area contributed by atoms with E-state index in [9.17, 15) is 4.79 Å². The lowest BCUT2D eigenvalue weighted by molar-refractivity contribution is 0.174. The summed E-state index contributed by atoms with van der Waals surface area (Å²) in [5, 5.41) is 0.509. The number of benzene rings is 2. The minimum atomic E-state index is -0.0785. The largest absolute Gasteiger partial charge is 0.454 e. The number of aromatic nitrogens is 5. The summed E-state index contributed by atoms with van der Waals surface area (Å²) >= 11 is 0. The van der Waals surface area contributed by atoms with Gasteiger partial charge in [0.15, 0.2) is 22.8 Å². The van der Waals surface area contributed by atoms with Crippen molar-refractivity contribution in [2.45, 2.75) is 33.9 Å². The van der Waals surface area contributed by atoms with Gasteiger partial charge in [-0.3, -0.25) is 9.36 Å². The normalized spacial score (nSPS) is 13.1. The predicted molar refractivity (Wildman–Crippen MR) is 126 cm³/mol. The second-order valence-electron chi connectivity index (χ2n) is 8.83. The van der Waals surface area contributed by atoms with Crippen LogP contribution in [0.15, 0.2) is 47.3 Å². The Morgan fingerprint density at radius 1 is 0.939 bits per heavy atom. The molecule has 33 heavy (non-hydrogen) atoms. The number of rotatable bonds is 4. The third-order valence-electron chi connectivity index (χ3n) is 5.97. The quantitative estimate of drug-likeness (QED) is 0.419. The molecule has 3 aromatic heterocycles. The van der Waals surface area contributed by atoms with Crippen molar-refractivity contribution in [3.8, 4) is 11.5 Å². The van der Waals surface area contributed by atoms with Crippen LogP contribution in [0.4, 0.5) is 0 Å². The molecule has 0 saturated carbocycles. The lowest BCUT2D eigenvalue weighted by atomic mass is 10.2. The van der Waals surface area contributed by atoms with Crippen LogP contribution in [0.25, 0.3) is 33.2 Å². The molecule has 1 aliphatic heterocycles. The Morgan fingerprint density at radius 3 is 2.48 bits per heavy atom. The first-order valence-corrected chi connectivity index (χ1v) is 11.0. The van der Waals surface area contributed by atoms with E-state index in [1.54, 1.807) is 4.57 Å². The molecule has 0 atom stereocenters. The molecule has 5 aromatic rings. The molecule has 0 spiro atoms. The van der Waals surface area contributed by atoms with Gasteiger partial charge in [0.25, 0.3) is 5.56 Å². The molecule has 0 fully saturated rings. The van der Waals surface area contributed by atoms with E-state index < -0.39 is 0 Å². The van der Waals surface area contributed by atoms with Crippen LogP contribution >= 0.6 is 0 Å². The predicted octanol–water partition coefficient (Wildman–Crippen LogP) is 4.04. The van der Waals surface area contributed by atoms with E-state index in [0.717, 1.165) is 22.3 Å². The molecule has 0 radical (unpaired) electrons. The highest BCUT2D eigenvalue weighted by Gasteiger charge is 2.22. The van der Waals surface area contributed by atoms with Gasteiger partial charge in [0.05, 0.1) is 17.6 Å². The fourth-order valence-corrected chi connectivity index (χ4v) is 4.45. The monoisotopic (exact) mass is 441 g/mol. The maximum absolute atomic E-state index is 13.7. The Morgan fingerprint density at radius 2 is 1.70 bits per heavy atom. The van der Waals surface area contributed by atoms with Crippen LogP contribution in [0.5, 0.6) is 11.5 Å². The highest BCUT2D eigenvalue weighted by Crippen LogP contribution is 2.33. The van der Waals surface area contributed by atoms with Crippen molar-refractivity contribution >= 4 is 33.2 Å². The standard InChI is InChI=1S/C25H23N5O3/c1-14(2)11-29-15(3)26-23-21(25(29)31)22-24(28-18-7-5-4-6-17(18)27-22)30(23)12-16-8-9-19-20(10-16)33-13-32-19/h4-10,14H,11-13H2,1-3H3. The van der Waals surface area contributed by atoms with Crippen molar-refractivity contribution in [1.82, 2.24) is 24.1 Å². The topological polar surface area (TPSA) is 84.1 Å². The summed E-state index contributed by atoms with van der Waals surface area (Å²) in [5.41, 5.74) is 4.28. The molecule has 0 unspecified atom stereocenters. The molecule has 0 saturated heterocycles. The van der Waals surface area contributed by atoms with Crippen LogP contribution in [0.2, 0.25) is 0 Å². The van der Waals surface area contributed by atoms with E-state index in [1.807, 2.05) is 54.0 Å². The van der Waals surface area contributed by atoms with E-state index in [1.165, 1.54) is 0 Å². The van der Waals surface area contributed by atoms with Crippen LogP contribution in [0, 0.1) is 12.8 Å². The first-order chi connectivity index (χ1) is 16.0. The highest BCUT2D eigenvalue weighted by atomic mass is 16.7. The molecule has 0 aliphatic carbocycles. The Kier molecular flexibility index (Phi) is 4.36. The van der Waals surface area contributed by atoms with Gasteiger partial charge in [-0.1, -0.05) is 32.0 Å². The summed E-state index contributed by atoms with van der Waals surface area (Å²) in [4.78, 5) is 28.3. The van der Waals surface area contributed by atoms with Crippen molar-refractivity contribution in [2.24, 2.45) is 5.92 Å². The zero-order valence-electron chi connectivity index (χ0n) is 18.7. The Hall–Kier alpha value is -3.94. The van der Waals surface area contributed by atoms with Gasteiger partial charge in [0.1, 0.15) is 16.7 Å². The molecule has 2 aromatic carbocycles. The van der Waals surface area contributed by atoms with E-state index in [4.69, 9.17) is 24.4 Å². The van der Waals surface area contributed by atoms with Crippen molar-refractivity contribution in [3.63, 3.8) is 0 Å². The van der Waals surface area contributed by atoms with Gasteiger partial charge in [-0.25, -0.2) is 15.0 Å². The smallest absolute Gasteiger partial charge is 0.265 e. The zero-order valence-corrected chi connectivity index (χ0v) is 18.7. The van der Waals surface area contributed by atoms with Gasteiger partial charge in [-0.05, 0) is 42.7 Å². The lowest BCUT2D eigenvalue weighted by Crippen LogP contribution is -2.26. The van der Waals surface area contributed by atoms with Crippen molar-refractivity contribution < 1.29 is 9.47 Å². The summed E-state index contributed by atoms with van der Waals surface area (Å²) in [5.74, 6) is 2.44. The average Bonchev–Trinajstić information content (AvgIpc) is 3.37. The van der Waals surface area contributed by atoms with Gasteiger partial charge in [0, 0.05) is 6.54 Å². The highest BCUT2D eigenvalue weighted by molar-refractivity contribution is 6.04. The van der Waals surface area contributed by atoms with E-state index in [2.05, 4.69) is 13.8 Å². The maximum atomic E-state index is 13.7. The molecule has 1 aliphatic rings. The van der Waals surface area contributed by atoms with Crippen molar-refractivity contribution in [1.29, 1.82) is 0 Å². The fourth-order valence-electron chi connectivity index (χ4n) is 4.45. The molecular weight excluding hydrogens is 418 g/mol. The summed E-state index contributed by atoms with van der Waals surface area (Å²) < 4.78 is 14.7. The van der Waals surface area contributed by atoms with Crippen LogP contribution in [0.1, 0.15) is 25.2 Å². The summed E-state index contributed by atoms with van der Waals surface area (Å²) in [6.07, 6.45) is 0. The lowest BCUT2D eigenvalue weighted by Gasteiger charge is -2.12. The molecule has 6 rings (SSSR count). The number of hydrogen-bond acceptors (Lipinski definition) is 6. The Labute approximate surface area is 189 Å². The number of nitrogens with zero attached hydrogens (tertiary/aromatic N) is 5. The van der Waals surface area contributed by atoms with Gasteiger partial charge < -0.3 is 14.0 Å². The van der Waals surface area contributed by atoms with E-state index in [0.29, 0.717) is 52.8 Å². The Balaban J connectivity index is 1.65. The molecule has 0 N–H and O–H groups in total. The van der Waals surface area contributed by atoms with Crippen LogP contribution in [-0.2, 0) is 13.1 Å². The van der Waals surface area contributed by atoms with Gasteiger partial charge in [-0.2, -0.15) is 0 Å². The summed E-state index contributed by atoms with van der Waals surface area (Å²) in [6, 6.07) is 13.6. The number of aryl methyl sites for hydroxylation is 1. The Bertz CT molecular complexity index is 1620. The maximum Gasteiger partial charge on any atom is 0.265 e. The van der Waals surface area contributed by atoms with Crippen LogP contribution in [0.3, 0.4) is 0 Å². The third kappa shape index (κ3) is 3.13. The minimum Gasteiger partial charge on any atom is -0.454 e. The van der Waals surface area contributed by atoms with E-state index >= 15 is 0 Å². The first kappa shape index (κ1) is 19.7. The third-order valence-corrected chi connectivity index (χ3v) is 5.97. The minimum absolute atomic E-state index is 0.0785. The fraction of sp³-hybridized carbons (Fsp3) is 0.280. The molecule has 8 nitrogen and oxygen atoms in total. The summed E-state index contributed by atoms with van der Waals surface area (Å²) in [6.45, 7) is 7.36. The second-order valence-corrected chi connectivity index (χ2v) is 8.83. The van der Waals surface area contributed by atoms with Gasteiger partial charge in [0.2, 0.25) is 6.79 Å². The van der Waals surface area contributed by atoms with Gasteiger partial charge in [-0.15, -0.1) is 0 Å². The molecule has 4 heterocycles. The van der Waals surface area contributed by atoms with E-state index in [-0.39, 0.29) is 12.4 Å². The van der Waals surface area contributed by atoms with Crippen molar-refractivity contribution in [2.75, 3.05) is 6.79 Å². The second kappa shape index (κ2) is 7.30. The van der Waals surface area contributed by atoms with Crippen LogP contribution < -0.4 is 15.0 Å². The number of hydrogen-bond donors (Lipinski definition) is 0. The number of ether oxygens (including phenoxy) is 2. The molecular formula is C25H23N5O3. The molecule has 0 bridgehead atoms. The molecule has 8 heteroatoms. The first-order valence-electron chi connectivity index (χ1n) is 11.0. The number of para-hydroxylation sites is 2. The van der Waals surface area contributed by atoms with Crippen molar-refractivity contribution in [3.05, 3.63) is 64.2 Å². The molecule has 0 amide bonds. The average molecular weight is 441 g/mol. The zero-order chi connectivity index (χ0) is 22.7. The number of fused-ring (bicyclic) bond motifs is 5.